The fourth-order valence-corrected chi connectivity index (χ4v) is 4.90. The number of benzene rings is 2. The molecule has 11 heteroatoms. The van der Waals surface area contributed by atoms with E-state index in [1.54, 1.807) is 23.7 Å². The fraction of sp³-hybridized carbons (Fsp3) is 0.273. The number of carbonyl (C=O) groups excluding carboxylic acids is 1. The summed E-state index contributed by atoms with van der Waals surface area (Å²) in [6, 6.07) is 9.08. The molecule has 33 heavy (non-hydrogen) atoms. The molecule has 1 heterocycles. The molecular formula is C22H23N3O6S2. The highest BCUT2D eigenvalue weighted by molar-refractivity contribution is 7.89. The third-order valence-corrected chi connectivity index (χ3v) is 7.07. The average Bonchev–Trinajstić information content (AvgIpc) is 3.45. The van der Waals surface area contributed by atoms with E-state index in [1.165, 1.54) is 43.8 Å². The second kappa shape index (κ2) is 9.77. The summed E-state index contributed by atoms with van der Waals surface area (Å²) in [5.74, 6) is 0.736. The highest BCUT2D eigenvalue weighted by Gasteiger charge is 2.28. The Morgan fingerprint density at radius 1 is 1.09 bits per heavy atom. The number of methoxy groups -OCH3 is 2. The summed E-state index contributed by atoms with van der Waals surface area (Å²) in [5, 5.41) is 4.61. The predicted molar refractivity (Wildman–Crippen MR) is 124 cm³/mol. The molecule has 0 atom stereocenters. The summed E-state index contributed by atoms with van der Waals surface area (Å²) < 4.78 is 44.2. The number of anilines is 1. The van der Waals surface area contributed by atoms with E-state index < -0.39 is 15.9 Å². The van der Waals surface area contributed by atoms with Crippen LogP contribution in [0.15, 0.2) is 52.2 Å². The Morgan fingerprint density at radius 2 is 1.85 bits per heavy atom. The first-order valence-electron chi connectivity index (χ1n) is 10.1. The van der Waals surface area contributed by atoms with Gasteiger partial charge in [0, 0.05) is 17.0 Å². The minimum Gasteiger partial charge on any atom is -0.495 e. The van der Waals surface area contributed by atoms with E-state index >= 15 is 0 Å². The van der Waals surface area contributed by atoms with E-state index in [9.17, 15) is 13.2 Å². The number of hydrogen-bond donors (Lipinski definition) is 2. The summed E-state index contributed by atoms with van der Waals surface area (Å²) in [7, 11) is -0.757. The van der Waals surface area contributed by atoms with Crippen molar-refractivity contribution in [2.24, 2.45) is 0 Å². The van der Waals surface area contributed by atoms with Gasteiger partial charge in [-0.1, -0.05) is 0 Å². The molecule has 174 valence electrons. The number of thiazole rings is 1. The number of ether oxygens (including phenoxy) is 3. The lowest BCUT2D eigenvalue weighted by Crippen LogP contribution is -2.25. The first-order chi connectivity index (χ1) is 15.9. The maximum Gasteiger partial charge on any atom is 0.255 e. The predicted octanol–water partition coefficient (Wildman–Crippen LogP) is 3.43. The quantitative estimate of drug-likeness (QED) is 0.448. The number of rotatable bonds is 10. The fourth-order valence-electron chi connectivity index (χ4n) is 3.02. The van der Waals surface area contributed by atoms with Gasteiger partial charge >= 0.3 is 0 Å². The molecule has 9 nitrogen and oxygen atoms in total. The van der Waals surface area contributed by atoms with Crippen molar-refractivity contribution in [2.45, 2.75) is 30.4 Å². The molecule has 0 saturated heterocycles. The van der Waals surface area contributed by atoms with Crippen LogP contribution in [0.2, 0.25) is 0 Å². The monoisotopic (exact) mass is 489 g/mol. The SMILES string of the molecule is COc1ccc(S(=O)(=O)NC2CC2)cc1NC(=O)c1ccc(OCc2cscn2)c(OC)c1. The molecule has 1 aromatic heterocycles. The van der Waals surface area contributed by atoms with Crippen LogP contribution in [0, 0.1) is 0 Å². The Morgan fingerprint density at radius 3 is 2.52 bits per heavy atom. The number of carbonyl (C=O) groups is 1. The first kappa shape index (κ1) is 23.0. The van der Waals surface area contributed by atoms with Crippen molar-refractivity contribution in [3.05, 3.63) is 58.5 Å². The molecule has 1 amide bonds. The van der Waals surface area contributed by atoms with Crippen molar-refractivity contribution in [1.82, 2.24) is 9.71 Å². The lowest BCUT2D eigenvalue weighted by Gasteiger charge is -2.14. The molecule has 0 radical (unpaired) electrons. The molecule has 0 bridgehead atoms. The highest BCUT2D eigenvalue weighted by Crippen LogP contribution is 2.32. The number of nitrogens with one attached hydrogen (secondary N) is 2. The second-order valence-electron chi connectivity index (χ2n) is 7.35. The van der Waals surface area contributed by atoms with E-state index in [2.05, 4.69) is 15.0 Å². The van der Waals surface area contributed by atoms with E-state index in [0.29, 0.717) is 22.8 Å². The maximum absolute atomic E-state index is 12.9. The molecule has 0 spiro atoms. The zero-order valence-corrected chi connectivity index (χ0v) is 19.7. The van der Waals surface area contributed by atoms with Crippen LogP contribution in [0.4, 0.5) is 5.69 Å². The Balaban J connectivity index is 1.52. The zero-order valence-electron chi connectivity index (χ0n) is 18.0. The van der Waals surface area contributed by atoms with E-state index in [1.807, 2.05) is 5.38 Å². The van der Waals surface area contributed by atoms with Crippen LogP contribution in [0.3, 0.4) is 0 Å². The van der Waals surface area contributed by atoms with E-state index in [4.69, 9.17) is 14.2 Å². The van der Waals surface area contributed by atoms with Crippen molar-refractivity contribution >= 4 is 33.0 Å². The third-order valence-electron chi connectivity index (χ3n) is 4.91. The Hall–Kier alpha value is -3.15. The molecule has 2 N–H and O–H groups in total. The largest absolute Gasteiger partial charge is 0.495 e. The summed E-state index contributed by atoms with van der Waals surface area (Å²) in [6.07, 6.45) is 1.65. The molecule has 0 unspecified atom stereocenters. The van der Waals surface area contributed by atoms with Crippen molar-refractivity contribution < 1.29 is 27.4 Å². The topological polar surface area (TPSA) is 116 Å². The van der Waals surface area contributed by atoms with Gasteiger partial charge in [-0.15, -0.1) is 11.3 Å². The standard InChI is InChI=1S/C22H23N3O6S2/c1-29-19-8-6-17(33(27,28)25-15-4-5-15)10-18(19)24-22(26)14-3-7-20(21(9-14)30-2)31-11-16-12-32-13-23-16/h3,6-10,12-13,15,25H,4-5,11H2,1-2H3,(H,24,26). The number of sulfonamides is 1. The van der Waals surface area contributed by atoms with Gasteiger partial charge in [-0.05, 0) is 49.2 Å². The lowest BCUT2D eigenvalue weighted by atomic mass is 10.1. The maximum atomic E-state index is 12.9. The summed E-state index contributed by atoms with van der Waals surface area (Å²) in [5.41, 5.74) is 3.06. The first-order valence-corrected chi connectivity index (χ1v) is 12.5. The molecule has 1 aliphatic rings. The minimum atomic E-state index is -3.68. The Bertz CT molecular complexity index is 1240. The molecule has 1 fully saturated rings. The lowest BCUT2D eigenvalue weighted by molar-refractivity contribution is 0.102. The summed E-state index contributed by atoms with van der Waals surface area (Å²) in [4.78, 5) is 17.1. The molecule has 1 saturated carbocycles. The van der Waals surface area contributed by atoms with Crippen LogP contribution in [0.1, 0.15) is 28.9 Å². The molecule has 2 aromatic carbocycles. The van der Waals surface area contributed by atoms with Gasteiger partial charge in [0.25, 0.3) is 5.91 Å². The van der Waals surface area contributed by atoms with Crippen LogP contribution >= 0.6 is 11.3 Å². The number of amides is 1. The van der Waals surface area contributed by atoms with Gasteiger partial charge in [0.2, 0.25) is 10.0 Å². The highest BCUT2D eigenvalue weighted by atomic mass is 32.2. The van der Waals surface area contributed by atoms with Crippen LogP contribution in [0.25, 0.3) is 0 Å². The van der Waals surface area contributed by atoms with Crippen LogP contribution in [-0.4, -0.2) is 39.6 Å². The third kappa shape index (κ3) is 5.62. The van der Waals surface area contributed by atoms with Crippen molar-refractivity contribution in [1.29, 1.82) is 0 Å². The summed E-state index contributed by atoms with van der Waals surface area (Å²) in [6.45, 7) is 0.277. The average molecular weight is 490 g/mol. The van der Waals surface area contributed by atoms with Crippen LogP contribution in [0.5, 0.6) is 17.2 Å². The van der Waals surface area contributed by atoms with Gasteiger partial charge in [0.05, 0.1) is 36.0 Å². The van der Waals surface area contributed by atoms with Gasteiger partial charge in [0.1, 0.15) is 12.4 Å². The Labute approximate surface area is 195 Å². The second-order valence-corrected chi connectivity index (χ2v) is 9.78. The number of nitrogens with zero attached hydrogens (tertiary/aromatic N) is 1. The van der Waals surface area contributed by atoms with Crippen LogP contribution in [-0.2, 0) is 16.6 Å². The van der Waals surface area contributed by atoms with Crippen LogP contribution < -0.4 is 24.2 Å². The van der Waals surface area contributed by atoms with E-state index in [-0.39, 0.29) is 23.2 Å². The zero-order chi connectivity index (χ0) is 23.4. The normalized spacial score (nSPS) is 13.4. The molecule has 0 aliphatic heterocycles. The number of hydrogen-bond acceptors (Lipinski definition) is 8. The Kier molecular flexibility index (Phi) is 6.82. The molecule has 4 rings (SSSR count). The summed E-state index contributed by atoms with van der Waals surface area (Å²) >= 11 is 1.48. The molecule has 1 aliphatic carbocycles. The van der Waals surface area contributed by atoms with E-state index in [0.717, 1.165) is 18.5 Å². The van der Waals surface area contributed by atoms with Gasteiger partial charge in [0.15, 0.2) is 11.5 Å². The smallest absolute Gasteiger partial charge is 0.255 e. The molecule has 3 aromatic rings. The minimum absolute atomic E-state index is 0.0288. The molecular weight excluding hydrogens is 466 g/mol. The van der Waals surface area contributed by atoms with Gasteiger partial charge in [-0.2, -0.15) is 0 Å². The van der Waals surface area contributed by atoms with Crippen molar-refractivity contribution in [3.63, 3.8) is 0 Å². The van der Waals surface area contributed by atoms with Gasteiger partial charge < -0.3 is 19.5 Å². The number of aromatic nitrogens is 1. The van der Waals surface area contributed by atoms with Gasteiger partial charge in [-0.25, -0.2) is 18.1 Å². The van der Waals surface area contributed by atoms with Crippen molar-refractivity contribution in [3.8, 4) is 17.2 Å². The van der Waals surface area contributed by atoms with Gasteiger partial charge in [-0.3, -0.25) is 4.79 Å². The van der Waals surface area contributed by atoms with Crippen molar-refractivity contribution in [2.75, 3.05) is 19.5 Å².